The van der Waals surface area contributed by atoms with Gasteiger partial charge in [0.25, 0.3) is 0 Å². The first-order valence-electron chi connectivity index (χ1n) is 7.61. The molecule has 1 aromatic rings. The molecule has 2 nitrogen and oxygen atoms in total. The summed E-state index contributed by atoms with van der Waals surface area (Å²) in [5.41, 5.74) is 7.10. The first-order chi connectivity index (χ1) is 9.44. The fourth-order valence-electron chi connectivity index (χ4n) is 3.30. The Morgan fingerprint density at radius 1 is 1.30 bits per heavy atom. The fourth-order valence-corrected chi connectivity index (χ4v) is 3.30. The Kier molecular flexibility index (Phi) is 4.82. The molecule has 0 bridgehead atoms. The van der Waals surface area contributed by atoms with Crippen LogP contribution in [-0.2, 0) is 0 Å². The maximum absolute atomic E-state index is 14.0. The topological polar surface area (TPSA) is 29.3 Å². The van der Waals surface area contributed by atoms with Crippen molar-refractivity contribution in [2.45, 2.75) is 51.6 Å². The molecule has 0 heterocycles. The van der Waals surface area contributed by atoms with Gasteiger partial charge in [0, 0.05) is 24.2 Å². The third-order valence-corrected chi connectivity index (χ3v) is 4.86. The first-order valence-corrected chi connectivity index (χ1v) is 7.61. The van der Waals surface area contributed by atoms with Crippen molar-refractivity contribution in [3.63, 3.8) is 0 Å². The summed E-state index contributed by atoms with van der Waals surface area (Å²) in [6, 6.07) is 7.49. The van der Waals surface area contributed by atoms with E-state index in [2.05, 4.69) is 25.8 Å². The third kappa shape index (κ3) is 3.39. The van der Waals surface area contributed by atoms with E-state index in [4.69, 9.17) is 5.73 Å². The van der Waals surface area contributed by atoms with E-state index in [1.165, 1.54) is 31.7 Å². The Balaban J connectivity index is 2.10. The first kappa shape index (κ1) is 15.5. The summed E-state index contributed by atoms with van der Waals surface area (Å²) in [6.45, 7) is 5.12. The van der Waals surface area contributed by atoms with Crippen molar-refractivity contribution in [2.24, 2.45) is 11.1 Å². The fraction of sp³-hybridized carbons (Fsp3) is 0.647. The molecule has 0 aliphatic heterocycles. The van der Waals surface area contributed by atoms with Crippen molar-refractivity contribution in [3.05, 3.63) is 35.6 Å². The average molecular weight is 278 g/mol. The Morgan fingerprint density at radius 3 is 2.45 bits per heavy atom. The molecule has 1 aliphatic carbocycles. The Hall–Kier alpha value is -0.930. The van der Waals surface area contributed by atoms with Crippen LogP contribution in [0.5, 0.6) is 0 Å². The molecular formula is C17H27FN2. The maximum atomic E-state index is 14.0. The van der Waals surface area contributed by atoms with Crippen LogP contribution in [0.15, 0.2) is 24.3 Å². The van der Waals surface area contributed by atoms with Crippen molar-refractivity contribution in [1.82, 2.24) is 4.90 Å². The minimum Gasteiger partial charge on any atom is -0.329 e. The quantitative estimate of drug-likeness (QED) is 0.909. The molecule has 1 atom stereocenters. The van der Waals surface area contributed by atoms with Gasteiger partial charge in [-0.25, -0.2) is 4.39 Å². The Bertz CT molecular complexity index is 434. The van der Waals surface area contributed by atoms with Gasteiger partial charge in [0.2, 0.25) is 0 Å². The van der Waals surface area contributed by atoms with Crippen molar-refractivity contribution in [2.75, 3.05) is 13.6 Å². The zero-order chi connectivity index (χ0) is 14.8. The molecule has 2 N–H and O–H groups in total. The monoisotopic (exact) mass is 278 g/mol. The van der Waals surface area contributed by atoms with E-state index >= 15 is 0 Å². The van der Waals surface area contributed by atoms with Crippen LogP contribution < -0.4 is 5.73 Å². The predicted molar refractivity (Wildman–Crippen MR) is 82.0 cm³/mol. The molecule has 2 rings (SSSR count). The second kappa shape index (κ2) is 6.23. The number of nitrogens with zero attached hydrogens (tertiary/aromatic N) is 1. The highest BCUT2D eigenvalue weighted by molar-refractivity contribution is 5.21. The lowest BCUT2D eigenvalue weighted by atomic mass is 9.75. The molecule has 0 saturated heterocycles. The summed E-state index contributed by atoms with van der Waals surface area (Å²) in [5.74, 6) is -0.147. The lowest BCUT2D eigenvalue weighted by molar-refractivity contribution is 0.0953. The van der Waals surface area contributed by atoms with Crippen LogP contribution in [0.4, 0.5) is 4.39 Å². The third-order valence-electron chi connectivity index (χ3n) is 4.86. The number of nitrogens with two attached hydrogens (primary N) is 1. The molecule has 1 saturated carbocycles. The van der Waals surface area contributed by atoms with Gasteiger partial charge in [-0.3, -0.25) is 4.90 Å². The molecule has 0 aromatic heterocycles. The van der Waals surface area contributed by atoms with E-state index in [1.807, 2.05) is 12.1 Å². The highest BCUT2D eigenvalue weighted by Gasteiger charge is 2.32. The molecule has 20 heavy (non-hydrogen) atoms. The van der Waals surface area contributed by atoms with Gasteiger partial charge in [-0.1, -0.05) is 32.0 Å². The van der Waals surface area contributed by atoms with Crippen molar-refractivity contribution >= 4 is 0 Å². The number of likely N-dealkylation sites (N-methyl/N-ethyl adjacent to an activating group) is 1. The molecule has 0 radical (unpaired) electrons. The van der Waals surface area contributed by atoms with Gasteiger partial charge < -0.3 is 5.73 Å². The van der Waals surface area contributed by atoms with Crippen LogP contribution in [0.25, 0.3) is 0 Å². The lowest BCUT2D eigenvalue weighted by Crippen LogP contribution is -2.42. The minimum atomic E-state index is -0.147. The molecule has 1 aliphatic rings. The smallest absolute Gasteiger partial charge is 0.128 e. The zero-order valence-electron chi connectivity index (χ0n) is 12.9. The summed E-state index contributed by atoms with van der Waals surface area (Å²) in [4.78, 5) is 2.29. The molecule has 1 unspecified atom stereocenters. The summed E-state index contributed by atoms with van der Waals surface area (Å²) >= 11 is 0. The average Bonchev–Trinajstić information content (AvgIpc) is 2.41. The van der Waals surface area contributed by atoms with Gasteiger partial charge in [-0.05, 0) is 44.2 Å². The summed E-state index contributed by atoms with van der Waals surface area (Å²) in [7, 11) is 2.09. The van der Waals surface area contributed by atoms with Crippen molar-refractivity contribution in [3.8, 4) is 0 Å². The van der Waals surface area contributed by atoms with E-state index in [1.54, 1.807) is 6.07 Å². The van der Waals surface area contributed by atoms with Crippen LogP contribution in [0, 0.1) is 11.2 Å². The van der Waals surface area contributed by atoms with Gasteiger partial charge in [0.1, 0.15) is 5.82 Å². The number of rotatable bonds is 4. The summed E-state index contributed by atoms with van der Waals surface area (Å²) < 4.78 is 14.0. The highest BCUT2D eigenvalue weighted by Crippen LogP contribution is 2.38. The second-order valence-electron chi connectivity index (χ2n) is 6.83. The predicted octanol–water partition coefficient (Wildman–Crippen LogP) is 3.73. The molecule has 3 heteroatoms. The van der Waals surface area contributed by atoms with E-state index in [-0.39, 0.29) is 11.9 Å². The standard InChI is InChI=1S/C17H27FN2/c1-17(2)10-8-13(9-11-17)20(3)16(12-19)14-6-4-5-7-15(14)18/h4-7,13,16H,8-12,19H2,1-3H3. The van der Waals surface area contributed by atoms with Gasteiger partial charge in [-0.2, -0.15) is 0 Å². The number of benzene rings is 1. The molecule has 1 fully saturated rings. The minimum absolute atomic E-state index is 0.0255. The van der Waals surface area contributed by atoms with E-state index in [0.717, 1.165) is 5.56 Å². The van der Waals surface area contributed by atoms with Crippen LogP contribution >= 0.6 is 0 Å². The van der Waals surface area contributed by atoms with E-state index in [9.17, 15) is 4.39 Å². The summed E-state index contributed by atoms with van der Waals surface area (Å²) in [6.07, 6.45) is 4.82. The number of hydrogen-bond acceptors (Lipinski definition) is 2. The van der Waals surface area contributed by atoms with Crippen LogP contribution in [-0.4, -0.2) is 24.5 Å². The highest BCUT2D eigenvalue weighted by atomic mass is 19.1. The molecule has 112 valence electrons. The Labute approximate surface area is 122 Å². The van der Waals surface area contributed by atoms with Gasteiger partial charge in [-0.15, -0.1) is 0 Å². The summed E-state index contributed by atoms with van der Waals surface area (Å²) in [5, 5.41) is 0. The van der Waals surface area contributed by atoms with Crippen LogP contribution in [0.1, 0.15) is 51.1 Å². The maximum Gasteiger partial charge on any atom is 0.128 e. The van der Waals surface area contributed by atoms with Crippen molar-refractivity contribution < 1.29 is 4.39 Å². The van der Waals surface area contributed by atoms with Gasteiger partial charge in [0.15, 0.2) is 0 Å². The largest absolute Gasteiger partial charge is 0.329 e. The van der Waals surface area contributed by atoms with E-state index < -0.39 is 0 Å². The van der Waals surface area contributed by atoms with Gasteiger partial charge >= 0.3 is 0 Å². The normalized spacial score (nSPS) is 21.1. The van der Waals surface area contributed by atoms with Crippen LogP contribution in [0.2, 0.25) is 0 Å². The molecule has 0 spiro atoms. The second-order valence-corrected chi connectivity index (χ2v) is 6.83. The Morgan fingerprint density at radius 2 is 1.90 bits per heavy atom. The van der Waals surface area contributed by atoms with Crippen LogP contribution in [0.3, 0.4) is 0 Å². The lowest BCUT2D eigenvalue weighted by Gasteiger charge is -2.41. The number of hydrogen-bond donors (Lipinski definition) is 1. The molecular weight excluding hydrogens is 251 g/mol. The zero-order valence-corrected chi connectivity index (χ0v) is 12.9. The molecule has 1 aromatic carbocycles. The van der Waals surface area contributed by atoms with E-state index in [0.29, 0.717) is 18.0 Å². The number of halogens is 1. The van der Waals surface area contributed by atoms with Gasteiger partial charge in [0.05, 0.1) is 0 Å². The molecule has 0 amide bonds. The van der Waals surface area contributed by atoms with Crippen molar-refractivity contribution in [1.29, 1.82) is 0 Å². The SMILES string of the molecule is CN(C1CCC(C)(C)CC1)C(CN)c1ccccc1F.